The van der Waals surface area contributed by atoms with Gasteiger partial charge in [0.1, 0.15) is 0 Å². The summed E-state index contributed by atoms with van der Waals surface area (Å²) in [5.74, 6) is -0.484. The minimum atomic E-state index is -0.251. The largest absolute Gasteiger partial charge is 0.372 e. The topological polar surface area (TPSA) is 61.4 Å². The van der Waals surface area contributed by atoms with Crippen LogP contribution in [0.15, 0.2) is 61.2 Å². The van der Waals surface area contributed by atoms with E-state index in [1.54, 1.807) is 30.3 Å². The number of anilines is 2. The third-order valence-corrected chi connectivity index (χ3v) is 4.05. The van der Waals surface area contributed by atoms with E-state index in [-0.39, 0.29) is 11.8 Å². The van der Waals surface area contributed by atoms with Crippen LogP contribution in [0.2, 0.25) is 0 Å². The molecule has 2 N–H and O–H groups in total. The van der Waals surface area contributed by atoms with Crippen LogP contribution in [0.5, 0.6) is 0 Å². The molecule has 0 radical (unpaired) electrons. The number of rotatable bonds is 8. The predicted molar refractivity (Wildman–Crippen MR) is 107 cm³/mol. The highest BCUT2D eigenvalue weighted by molar-refractivity contribution is 6.06. The van der Waals surface area contributed by atoms with Crippen LogP contribution in [0.1, 0.15) is 34.6 Å². The lowest BCUT2D eigenvalue weighted by Gasteiger charge is -2.21. The van der Waals surface area contributed by atoms with Gasteiger partial charge in [-0.15, -0.1) is 6.58 Å². The molecule has 2 amide bonds. The zero-order valence-corrected chi connectivity index (χ0v) is 15.3. The highest BCUT2D eigenvalue weighted by atomic mass is 16.2. The van der Waals surface area contributed by atoms with Gasteiger partial charge in [0, 0.05) is 42.1 Å². The summed E-state index contributed by atoms with van der Waals surface area (Å²) in [4.78, 5) is 26.7. The number of nitrogens with zero attached hydrogens (tertiary/aromatic N) is 1. The van der Waals surface area contributed by atoms with Gasteiger partial charge in [0.05, 0.1) is 0 Å². The predicted octanol–water partition coefficient (Wildman–Crippen LogP) is 3.70. The summed E-state index contributed by atoms with van der Waals surface area (Å²) in [6.45, 7) is 10.0. The second-order valence-corrected chi connectivity index (χ2v) is 5.75. The first kappa shape index (κ1) is 19.2. The number of hydrogen-bond donors (Lipinski definition) is 2. The molecule has 0 atom stereocenters. The molecule has 5 nitrogen and oxygen atoms in total. The Hall–Kier alpha value is -3.08. The first-order valence-electron chi connectivity index (χ1n) is 8.74. The number of benzene rings is 2. The zero-order valence-electron chi connectivity index (χ0n) is 15.3. The van der Waals surface area contributed by atoms with Crippen LogP contribution >= 0.6 is 0 Å². The van der Waals surface area contributed by atoms with E-state index in [2.05, 4.69) is 36.0 Å². The Morgan fingerprint density at radius 2 is 1.62 bits per heavy atom. The second-order valence-electron chi connectivity index (χ2n) is 5.75. The molecule has 26 heavy (non-hydrogen) atoms. The van der Waals surface area contributed by atoms with Gasteiger partial charge in [0.25, 0.3) is 11.8 Å². The van der Waals surface area contributed by atoms with Crippen molar-refractivity contribution < 1.29 is 9.59 Å². The first-order chi connectivity index (χ1) is 12.6. The van der Waals surface area contributed by atoms with Crippen LogP contribution in [0, 0.1) is 0 Å². The Kier molecular flexibility index (Phi) is 6.97. The van der Waals surface area contributed by atoms with E-state index in [4.69, 9.17) is 0 Å². The third-order valence-electron chi connectivity index (χ3n) is 4.05. The molecular weight excluding hydrogens is 326 g/mol. The summed E-state index contributed by atoms with van der Waals surface area (Å²) in [6.07, 6.45) is 1.61. The summed E-state index contributed by atoms with van der Waals surface area (Å²) in [5.41, 5.74) is 2.71. The van der Waals surface area contributed by atoms with Crippen molar-refractivity contribution in [2.24, 2.45) is 0 Å². The molecule has 0 aliphatic carbocycles. The quantitative estimate of drug-likeness (QED) is 0.713. The van der Waals surface area contributed by atoms with Crippen molar-refractivity contribution in [1.82, 2.24) is 5.32 Å². The molecule has 2 rings (SSSR count). The van der Waals surface area contributed by atoms with Gasteiger partial charge in [-0.05, 0) is 56.3 Å². The number of hydrogen-bond acceptors (Lipinski definition) is 3. The Morgan fingerprint density at radius 3 is 2.19 bits per heavy atom. The molecule has 0 saturated carbocycles. The van der Waals surface area contributed by atoms with Crippen molar-refractivity contribution in [2.75, 3.05) is 29.9 Å². The Bertz CT molecular complexity index is 765. The van der Waals surface area contributed by atoms with Crippen LogP contribution in [0.3, 0.4) is 0 Å². The van der Waals surface area contributed by atoms with Gasteiger partial charge in [-0.1, -0.05) is 12.1 Å². The number of carbonyl (C=O) groups excluding carboxylic acids is 2. The summed E-state index contributed by atoms with van der Waals surface area (Å²) >= 11 is 0. The van der Waals surface area contributed by atoms with Gasteiger partial charge in [-0.3, -0.25) is 9.59 Å². The van der Waals surface area contributed by atoms with E-state index in [1.807, 2.05) is 24.3 Å². The van der Waals surface area contributed by atoms with Crippen molar-refractivity contribution >= 4 is 23.2 Å². The molecule has 2 aromatic rings. The van der Waals surface area contributed by atoms with Gasteiger partial charge in [-0.25, -0.2) is 0 Å². The standard InChI is InChI=1S/C21H25N3O2/c1-4-14-22-20(25)16-8-7-9-17(15-16)21(26)23-18-10-12-19(13-11-18)24(5-2)6-3/h4,7-13,15H,1,5-6,14H2,2-3H3,(H,22,25)(H,23,26). The smallest absolute Gasteiger partial charge is 0.255 e. The molecule has 0 spiro atoms. The average Bonchev–Trinajstić information content (AvgIpc) is 2.68. The van der Waals surface area contributed by atoms with Gasteiger partial charge in [0.2, 0.25) is 0 Å². The SMILES string of the molecule is C=CCNC(=O)c1cccc(C(=O)Nc2ccc(N(CC)CC)cc2)c1. The summed E-state index contributed by atoms with van der Waals surface area (Å²) in [7, 11) is 0. The van der Waals surface area contributed by atoms with Crippen molar-refractivity contribution in [1.29, 1.82) is 0 Å². The molecule has 0 heterocycles. The molecule has 0 aliphatic rings. The average molecular weight is 351 g/mol. The number of carbonyl (C=O) groups is 2. The molecule has 0 aliphatic heterocycles. The van der Waals surface area contributed by atoms with E-state index < -0.39 is 0 Å². The maximum Gasteiger partial charge on any atom is 0.255 e. The van der Waals surface area contributed by atoms with E-state index >= 15 is 0 Å². The molecule has 0 saturated heterocycles. The van der Waals surface area contributed by atoms with E-state index in [0.29, 0.717) is 23.4 Å². The van der Waals surface area contributed by atoms with Crippen molar-refractivity contribution in [3.63, 3.8) is 0 Å². The lowest BCUT2D eigenvalue weighted by atomic mass is 10.1. The fourth-order valence-electron chi connectivity index (χ4n) is 2.62. The fourth-order valence-corrected chi connectivity index (χ4v) is 2.62. The van der Waals surface area contributed by atoms with Crippen LogP contribution < -0.4 is 15.5 Å². The van der Waals surface area contributed by atoms with E-state index in [1.165, 1.54) is 0 Å². The Morgan fingerprint density at radius 1 is 1.00 bits per heavy atom. The minimum absolute atomic E-state index is 0.233. The molecule has 0 fully saturated rings. The van der Waals surface area contributed by atoms with Crippen molar-refractivity contribution in [3.05, 3.63) is 72.3 Å². The number of nitrogens with one attached hydrogen (secondary N) is 2. The van der Waals surface area contributed by atoms with Crippen molar-refractivity contribution in [2.45, 2.75) is 13.8 Å². The van der Waals surface area contributed by atoms with Crippen LogP contribution in [0.25, 0.3) is 0 Å². The van der Waals surface area contributed by atoms with Crippen LogP contribution in [-0.2, 0) is 0 Å². The molecular formula is C21H25N3O2. The monoisotopic (exact) mass is 351 g/mol. The van der Waals surface area contributed by atoms with E-state index in [9.17, 15) is 9.59 Å². The Balaban J connectivity index is 2.07. The lowest BCUT2D eigenvalue weighted by molar-refractivity contribution is 0.0958. The van der Waals surface area contributed by atoms with E-state index in [0.717, 1.165) is 18.8 Å². The molecule has 5 heteroatoms. The summed E-state index contributed by atoms with van der Waals surface area (Å²) < 4.78 is 0. The second kappa shape index (κ2) is 9.42. The third kappa shape index (κ3) is 4.96. The first-order valence-corrected chi connectivity index (χ1v) is 8.74. The van der Waals surface area contributed by atoms with Gasteiger partial charge < -0.3 is 15.5 Å². The van der Waals surface area contributed by atoms with Gasteiger partial charge in [0.15, 0.2) is 0 Å². The Labute approximate surface area is 154 Å². The highest BCUT2D eigenvalue weighted by Crippen LogP contribution is 2.18. The minimum Gasteiger partial charge on any atom is -0.372 e. The number of amides is 2. The highest BCUT2D eigenvalue weighted by Gasteiger charge is 2.11. The maximum absolute atomic E-state index is 12.5. The summed E-state index contributed by atoms with van der Waals surface area (Å²) in [6, 6.07) is 14.4. The molecule has 2 aromatic carbocycles. The van der Waals surface area contributed by atoms with Gasteiger partial charge >= 0.3 is 0 Å². The van der Waals surface area contributed by atoms with Crippen LogP contribution in [0.4, 0.5) is 11.4 Å². The molecule has 0 aromatic heterocycles. The normalized spacial score (nSPS) is 10.1. The summed E-state index contributed by atoms with van der Waals surface area (Å²) in [5, 5.41) is 5.56. The molecule has 136 valence electrons. The molecule has 0 bridgehead atoms. The van der Waals surface area contributed by atoms with Gasteiger partial charge in [-0.2, -0.15) is 0 Å². The van der Waals surface area contributed by atoms with Crippen LogP contribution in [-0.4, -0.2) is 31.4 Å². The maximum atomic E-state index is 12.5. The molecule has 0 unspecified atom stereocenters. The zero-order chi connectivity index (χ0) is 18.9. The lowest BCUT2D eigenvalue weighted by Crippen LogP contribution is -2.23. The fraction of sp³-hybridized carbons (Fsp3) is 0.238. The van der Waals surface area contributed by atoms with Crippen molar-refractivity contribution in [3.8, 4) is 0 Å².